The number of nitrogens with one attached hydrogen (secondary N) is 1. The maximum absolute atomic E-state index is 13.8. The molecule has 0 radical (unpaired) electrons. The van der Waals surface area contributed by atoms with E-state index in [0.29, 0.717) is 5.69 Å². The molecule has 1 aromatic heterocycles. The predicted octanol–water partition coefficient (Wildman–Crippen LogP) is 5.29. The number of imide groups is 1. The number of rotatable bonds is 3. The van der Waals surface area contributed by atoms with Crippen LogP contribution in [-0.2, 0) is 14.4 Å². The first-order valence-electron chi connectivity index (χ1n) is 10.8. The van der Waals surface area contributed by atoms with Gasteiger partial charge in [-0.2, -0.15) is 0 Å². The summed E-state index contributed by atoms with van der Waals surface area (Å²) in [5.41, 5.74) is 4.27. The van der Waals surface area contributed by atoms with Gasteiger partial charge in [-0.1, -0.05) is 52.3 Å². The third-order valence-electron chi connectivity index (χ3n) is 6.45. The van der Waals surface area contributed by atoms with Crippen molar-refractivity contribution in [3.63, 3.8) is 0 Å². The van der Waals surface area contributed by atoms with Crippen molar-refractivity contribution < 1.29 is 14.4 Å². The maximum atomic E-state index is 13.8. The lowest BCUT2D eigenvalue weighted by atomic mass is 9.89. The normalized spacial score (nSPS) is 22.4. The molecule has 7 heteroatoms. The molecule has 2 aliphatic heterocycles. The van der Waals surface area contributed by atoms with Crippen molar-refractivity contribution in [3.8, 4) is 0 Å². The molecule has 3 aromatic carbocycles. The number of hydrogen-bond acceptors (Lipinski definition) is 4. The van der Waals surface area contributed by atoms with Crippen LogP contribution in [0.15, 0.2) is 83.3 Å². The number of aryl methyl sites for hydroxylation is 1. The Kier molecular flexibility index (Phi) is 4.64. The molecule has 2 saturated heterocycles. The number of anilines is 2. The summed E-state index contributed by atoms with van der Waals surface area (Å²) < 4.78 is 0.879. The zero-order valence-corrected chi connectivity index (χ0v) is 19.3. The largest absolute Gasteiger partial charge is 0.358 e. The van der Waals surface area contributed by atoms with E-state index in [1.54, 1.807) is 17.2 Å². The fraction of sp³-hybridized carbons (Fsp3) is 0.154. The van der Waals surface area contributed by atoms with Crippen molar-refractivity contribution in [1.29, 1.82) is 0 Å². The average molecular weight is 502 g/mol. The smallest absolute Gasteiger partial charge is 0.266 e. The van der Waals surface area contributed by atoms with Crippen LogP contribution in [0.4, 0.5) is 11.4 Å². The molecule has 6 nitrogen and oxygen atoms in total. The number of hydrogen-bond donors (Lipinski definition) is 1. The van der Waals surface area contributed by atoms with E-state index >= 15 is 0 Å². The van der Waals surface area contributed by atoms with Crippen molar-refractivity contribution in [3.05, 3.63) is 94.6 Å². The molecule has 2 amide bonds. The van der Waals surface area contributed by atoms with E-state index in [0.717, 1.165) is 32.3 Å². The first kappa shape index (κ1) is 20.2. The predicted molar refractivity (Wildman–Crippen MR) is 130 cm³/mol. The van der Waals surface area contributed by atoms with E-state index in [2.05, 4.69) is 20.9 Å². The fourth-order valence-electron chi connectivity index (χ4n) is 5.03. The Labute approximate surface area is 198 Å². The Morgan fingerprint density at radius 1 is 0.848 bits per heavy atom. The molecular formula is C26H20BrN3O3. The van der Waals surface area contributed by atoms with Gasteiger partial charge in [0.1, 0.15) is 5.92 Å². The lowest BCUT2D eigenvalue weighted by molar-refractivity contribution is -0.126. The number of benzene rings is 3. The number of carbonyl (C=O) groups is 2. The summed E-state index contributed by atoms with van der Waals surface area (Å²) in [5, 5.41) is 2.76. The molecule has 1 N–H and O–H groups in total. The summed E-state index contributed by atoms with van der Waals surface area (Å²) in [5.74, 6) is -1.26. The third kappa shape index (κ3) is 3.03. The number of hydroxylamine groups is 1. The van der Waals surface area contributed by atoms with Gasteiger partial charge in [-0.3, -0.25) is 14.4 Å². The van der Waals surface area contributed by atoms with Crippen LogP contribution in [-0.4, -0.2) is 22.9 Å². The zero-order chi connectivity index (χ0) is 22.7. The van der Waals surface area contributed by atoms with Gasteiger partial charge in [0.2, 0.25) is 5.91 Å². The molecule has 3 atom stereocenters. The summed E-state index contributed by atoms with van der Waals surface area (Å²) in [6.07, 6.45) is -0.889. The highest BCUT2D eigenvalue weighted by Gasteiger charge is 2.60. The van der Waals surface area contributed by atoms with Crippen LogP contribution in [0.5, 0.6) is 0 Å². The minimum atomic E-state index is -0.889. The lowest BCUT2D eigenvalue weighted by Crippen LogP contribution is -2.37. The van der Waals surface area contributed by atoms with Crippen LogP contribution in [0.1, 0.15) is 17.3 Å². The number of fused-ring (bicyclic) bond motifs is 2. The maximum Gasteiger partial charge on any atom is 0.266 e. The van der Waals surface area contributed by atoms with E-state index in [1.807, 2.05) is 73.7 Å². The molecule has 0 unspecified atom stereocenters. The molecule has 2 aliphatic rings. The van der Waals surface area contributed by atoms with E-state index in [1.165, 1.54) is 4.90 Å². The fourth-order valence-corrected chi connectivity index (χ4v) is 5.29. The van der Waals surface area contributed by atoms with Gasteiger partial charge in [0.05, 0.1) is 17.4 Å². The van der Waals surface area contributed by atoms with Gasteiger partial charge >= 0.3 is 0 Å². The molecular weight excluding hydrogens is 482 g/mol. The van der Waals surface area contributed by atoms with Gasteiger partial charge in [-0.15, -0.1) is 0 Å². The number of amides is 2. The Bertz CT molecular complexity index is 1380. The highest BCUT2D eigenvalue weighted by Crippen LogP contribution is 2.49. The summed E-state index contributed by atoms with van der Waals surface area (Å²) in [6, 6.07) is 24.4. The van der Waals surface area contributed by atoms with Gasteiger partial charge in [-0.05, 0) is 49.4 Å². The Morgan fingerprint density at radius 3 is 2.30 bits per heavy atom. The molecule has 0 bridgehead atoms. The second-order valence-electron chi connectivity index (χ2n) is 8.36. The summed E-state index contributed by atoms with van der Waals surface area (Å²) in [7, 11) is 0. The molecule has 6 rings (SSSR count). The van der Waals surface area contributed by atoms with Gasteiger partial charge < -0.3 is 4.98 Å². The van der Waals surface area contributed by atoms with Crippen molar-refractivity contribution in [2.24, 2.45) is 5.92 Å². The van der Waals surface area contributed by atoms with E-state index < -0.39 is 18.1 Å². The van der Waals surface area contributed by atoms with E-state index in [4.69, 9.17) is 4.84 Å². The standard InChI is InChI=1S/C26H20BrN3O3/c1-15-21(19-9-5-6-10-20(19)28-15)23-22-24(33-30(23)18-7-3-2-4-8-18)26(32)29(25(22)31)17-13-11-16(27)12-14-17/h2-14,22-24,28H,1H3/t22-,23-,24+/m0/s1. The third-order valence-corrected chi connectivity index (χ3v) is 6.98. The van der Waals surface area contributed by atoms with Crippen molar-refractivity contribution >= 4 is 50.0 Å². The number of para-hydroxylation sites is 2. The molecule has 33 heavy (non-hydrogen) atoms. The zero-order valence-electron chi connectivity index (χ0n) is 17.7. The van der Waals surface area contributed by atoms with Crippen molar-refractivity contribution in [1.82, 2.24) is 4.98 Å². The second-order valence-corrected chi connectivity index (χ2v) is 9.27. The minimum Gasteiger partial charge on any atom is -0.358 e. The van der Waals surface area contributed by atoms with Gasteiger partial charge in [0.15, 0.2) is 6.10 Å². The Balaban J connectivity index is 1.51. The lowest BCUT2D eigenvalue weighted by Gasteiger charge is -2.29. The quantitative estimate of drug-likeness (QED) is 0.387. The van der Waals surface area contributed by atoms with Gasteiger partial charge in [0, 0.05) is 26.6 Å². The molecule has 3 heterocycles. The first-order chi connectivity index (χ1) is 16.0. The average Bonchev–Trinajstić information content (AvgIpc) is 3.44. The highest BCUT2D eigenvalue weighted by atomic mass is 79.9. The number of nitrogens with zero attached hydrogens (tertiary/aromatic N) is 2. The number of aromatic amines is 1. The van der Waals surface area contributed by atoms with Crippen LogP contribution < -0.4 is 9.96 Å². The second kappa shape index (κ2) is 7.57. The van der Waals surface area contributed by atoms with Crippen molar-refractivity contribution in [2.75, 3.05) is 9.96 Å². The van der Waals surface area contributed by atoms with Crippen LogP contribution >= 0.6 is 15.9 Å². The number of aromatic nitrogens is 1. The Hall–Kier alpha value is -3.42. The summed E-state index contributed by atoms with van der Waals surface area (Å²) in [4.78, 5) is 38.2. The number of halogens is 1. The Morgan fingerprint density at radius 2 is 1.55 bits per heavy atom. The molecule has 164 valence electrons. The monoisotopic (exact) mass is 501 g/mol. The van der Waals surface area contributed by atoms with Gasteiger partial charge in [-0.25, -0.2) is 9.96 Å². The highest BCUT2D eigenvalue weighted by molar-refractivity contribution is 9.10. The van der Waals surface area contributed by atoms with Gasteiger partial charge in [0.25, 0.3) is 5.91 Å². The SMILES string of the molecule is Cc1[nH]c2ccccc2c1[C@H]1[C@@H]2C(=O)N(c3ccc(Br)cc3)C(=O)[C@@H]2ON1c1ccccc1. The van der Waals surface area contributed by atoms with Crippen LogP contribution in [0.2, 0.25) is 0 Å². The molecule has 0 spiro atoms. The number of carbonyl (C=O) groups excluding carboxylic acids is 2. The summed E-state index contributed by atoms with van der Waals surface area (Å²) >= 11 is 3.41. The molecule has 0 aliphatic carbocycles. The molecule has 0 saturated carbocycles. The van der Waals surface area contributed by atoms with Crippen molar-refractivity contribution in [2.45, 2.75) is 19.1 Å². The van der Waals surface area contributed by atoms with Crippen LogP contribution in [0, 0.1) is 12.8 Å². The van der Waals surface area contributed by atoms with Crippen LogP contribution in [0.3, 0.4) is 0 Å². The first-order valence-corrected chi connectivity index (χ1v) is 11.6. The topological polar surface area (TPSA) is 65.6 Å². The summed E-state index contributed by atoms with van der Waals surface area (Å²) in [6.45, 7) is 2.00. The van der Waals surface area contributed by atoms with E-state index in [-0.39, 0.29) is 11.8 Å². The molecule has 2 fully saturated rings. The minimum absolute atomic E-state index is 0.250. The number of H-pyrrole nitrogens is 1. The van der Waals surface area contributed by atoms with Crippen LogP contribution in [0.25, 0.3) is 10.9 Å². The molecule has 4 aromatic rings. The van der Waals surface area contributed by atoms with E-state index in [9.17, 15) is 9.59 Å².